The molecule has 0 aliphatic carbocycles. The molecule has 0 fully saturated rings. The van der Waals surface area contributed by atoms with E-state index >= 15 is 0 Å². The molecule has 1 amide bonds. The summed E-state index contributed by atoms with van der Waals surface area (Å²) in [6.07, 6.45) is 3.06. The minimum atomic E-state index is -3.68. The SMILES string of the molecule is C=CCOc1cccc(NC(=O)[C@@H](CC)N(c2ccc(C)c(C)c2)S(C)(=O)=O)c1. The molecule has 2 aromatic rings. The summed E-state index contributed by atoms with van der Waals surface area (Å²) in [4.78, 5) is 13.0. The number of rotatable bonds is 9. The molecule has 0 heterocycles. The molecule has 0 saturated carbocycles. The fourth-order valence-electron chi connectivity index (χ4n) is 2.97. The van der Waals surface area contributed by atoms with Crippen molar-refractivity contribution in [2.45, 2.75) is 33.2 Å². The van der Waals surface area contributed by atoms with E-state index in [1.54, 1.807) is 49.4 Å². The van der Waals surface area contributed by atoms with E-state index in [0.29, 0.717) is 30.2 Å². The number of nitrogens with one attached hydrogen (secondary N) is 1. The Morgan fingerprint density at radius 1 is 1.21 bits per heavy atom. The van der Waals surface area contributed by atoms with Gasteiger partial charge in [-0.2, -0.15) is 0 Å². The van der Waals surface area contributed by atoms with Crippen LogP contribution < -0.4 is 14.4 Å². The largest absolute Gasteiger partial charge is 0.489 e. The van der Waals surface area contributed by atoms with E-state index in [4.69, 9.17) is 4.74 Å². The van der Waals surface area contributed by atoms with Crippen molar-refractivity contribution >= 4 is 27.3 Å². The van der Waals surface area contributed by atoms with Crippen LogP contribution in [0.1, 0.15) is 24.5 Å². The van der Waals surface area contributed by atoms with E-state index in [2.05, 4.69) is 11.9 Å². The summed E-state index contributed by atoms with van der Waals surface area (Å²) in [5.41, 5.74) is 3.01. The summed E-state index contributed by atoms with van der Waals surface area (Å²) >= 11 is 0. The van der Waals surface area contributed by atoms with Gasteiger partial charge in [-0.3, -0.25) is 9.10 Å². The van der Waals surface area contributed by atoms with Gasteiger partial charge in [-0.25, -0.2) is 8.42 Å². The second-order valence-corrected chi connectivity index (χ2v) is 8.73. The number of benzene rings is 2. The van der Waals surface area contributed by atoms with Crippen LogP contribution in [0.5, 0.6) is 5.75 Å². The van der Waals surface area contributed by atoms with E-state index in [9.17, 15) is 13.2 Å². The average molecular weight is 417 g/mol. The number of hydrogen-bond donors (Lipinski definition) is 1. The number of anilines is 2. The molecule has 2 aromatic carbocycles. The molecular formula is C22H28N2O4S. The summed E-state index contributed by atoms with van der Waals surface area (Å²) in [7, 11) is -3.68. The van der Waals surface area contributed by atoms with Crippen LogP contribution in [0.2, 0.25) is 0 Å². The molecule has 1 N–H and O–H groups in total. The zero-order valence-electron chi connectivity index (χ0n) is 17.3. The first-order valence-electron chi connectivity index (χ1n) is 9.38. The van der Waals surface area contributed by atoms with Crippen LogP contribution in [0.3, 0.4) is 0 Å². The number of sulfonamides is 1. The van der Waals surface area contributed by atoms with Gasteiger partial charge in [0.1, 0.15) is 18.4 Å². The first-order valence-corrected chi connectivity index (χ1v) is 11.2. The van der Waals surface area contributed by atoms with Gasteiger partial charge in [0.25, 0.3) is 0 Å². The Kier molecular flexibility index (Phi) is 7.45. The normalized spacial score (nSPS) is 12.1. The van der Waals surface area contributed by atoms with E-state index in [-0.39, 0.29) is 0 Å². The Morgan fingerprint density at radius 2 is 1.93 bits per heavy atom. The van der Waals surface area contributed by atoms with Crippen LogP contribution in [0, 0.1) is 13.8 Å². The maximum Gasteiger partial charge on any atom is 0.248 e. The zero-order valence-corrected chi connectivity index (χ0v) is 18.1. The number of carbonyl (C=O) groups is 1. The van der Waals surface area contributed by atoms with Crippen molar-refractivity contribution in [1.29, 1.82) is 0 Å². The van der Waals surface area contributed by atoms with Crippen LogP contribution in [-0.2, 0) is 14.8 Å². The van der Waals surface area contributed by atoms with Crippen molar-refractivity contribution in [1.82, 2.24) is 0 Å². The van der Waals surface area contributed by atoms with E-state index in [0.717, 1.165) is 17.4 Å². The molecule has 0 unspecified atom stereocenters. The van der Waals surface area contributed by atoms with Crippen molar-refractivity contribution in [3.05, 3.63) is 66.2 Å². The predicted octanol–water partition coefficient (Wildman–Crippen LogP) is 4.05. The molecule has 0 saturated heterocycles. The van der Waals surface area contributed by atoms with Gasteiger partial charge in [-0.15, -0.1) is 0 Å². The van der Waals surface area contributed by atoms with Crippen LogP contribution >= 0.6 is 0 Å². The van der Waals surface area contributed by atoms with Gasteiger partial charge >= 0.3 is 0 Å². The minimum Gasteiger partial charge on any atom is -0.489 e. The number of amides is 1. The topological polar surface area (TPSA) is 75.7 Å². The number of carbonyl (C=O) groups excluding carboxylic acids is 1. The van der Waals surface area contributed by atoms with Crippen molar-refractivity contribution in [2.24, 2.45) is 0 Å². The van der Waals surface area contributed by atoms with E-state index in [1.165, 1.54) is 4.31 Å². The molecule has 0 aliphatic heterocycles. The Labute approximate surface area is 173 Å². The fourth-order valence-corrected chi connectivity index (χ4v) is 4.17. The lowest BCUT2D eigenvalue weighted by Crippen LogP contribution is -2.47. The summed E-state index contributed by atoms with van der Waals surface area (Å²) < 4.78 is 31.8. The second kappa shape index (κ2) is 9.60. The van der Waals surface area contributed by atoms with Crippen LogP contribution in [0.4, 0.5) is 11.4 Å². The maximum absolute atomic E-state index is 13.0. The number of ether oxygens (including phenoxy) is 1. The van der Waals surface area contributed by atoms with E-state index in [1.807, 2.05) is 19.9 Å². The zero-order chi connectivity index (χ0) is 21.6. The molecule has 0 spiro atoms. The van der Waals surface area contributed by atoms with Crippen LogP contribution in [0.25, 0.3) is 0 Å². The lowest BCUT2D eigenvalue weighted by molar-refractivity contribution is -0.117. The Morgan fingerprint density at radius 3 is 2.52 bits per heavy atom. The molecule has 0 aromatic heterocycles. The van der Waals surface area contributed by atoms with Gasteiger partial charge in [0.05, 0.1) is 11.9 Å². The molecule has 156 valence electrons. The summed E-state index contributed by atoms with van der Waals surface area (Å²) in [6, 6.07) is 11.4. The lowest BCUT2D eigenvalue weighted by Gasteiger charge is -2.30. The van der Waals surface area contributed by atoms with Crippen molar-refractivity contribution < 1.29 is 17.9 Å². The molecule has 2 rings (SSSR count). The Hall–Kier alpha value is -2.80. The quantitative estimate of drug-likeness (QED) is 0.626. The van der Waals surface area contributed by atoms with Crippen molar-refractivity contribution in [3.8, 4) is 5.75 Å². The molecule has 0 bridgehead atoms. The van der Waals surface area contributed by atoms with Gasteiger partial charge in [0.15, 0.2) is 0 Å². The lowest BCUT2D eigenvalue weighted by atomic mass is 10.1. The molecular weight excluding hydrogens is 388 g/mol. The number of aryl methyl sites for hydroxylation is 2. The first-order chi connectivity index (χ1) is 13.7. The molecule has 7 heteroatoms. The van der Waals surface area contributed by atoms with Crippen molar-refractivity contribution in [2.75, 3.05) is 22.5 Å². The summed E-state index contributed by atoms with van der Waals surface area (Å²) in [5.74, 6) is 0.182. The molecule has 1 atom stereocenters. The van der Waals surface area contributed by atoms with Gasteiger partial charge in [-0.1, -0.05) is 31.7 Å². The number of nitrogens with zero attached hydrogens (tertiary/aromatic N) is 1. The fraction of sp³-hybridized carbons (Fsp3) is 0.318. The standard InChI is InChI=1S/C22H28N2O4S/c1-6-13-28-20-10-8-9-18(15-20)23-22(25)21(7-2)24(29(5,26)27)19-12-11-16(3)17(4)14-19/h6,8-12,14-15,21H,1,7,13H2,2-5H3,(H,23,25)/t21-/m1/s1. The first kappa shape index (κ1) is 22.5. The monoisotopic (exact) mass is 416 g/mol. The third-order valence-electron chi connectivity index (χ3n) is 4.54. The van der Waals surface area contributed by atoms with Gasteiger partial charge in [0, 0.05) is 11.8 Å². The van der Waals surface area contributed by atoms with E-state index < -0.39 is 22.0 Å². The molecule has 29 heavy (non-hydrogen) atoms. The highest BCUT2D eigenvalue weighted by atomic mass is 32.2. The third-order valence-corrected chi connectivity index (χ3v) is 5.72. The Bertz CT molecular complexity index is 986. The van der Waals surface area contributed by atoms with Crippen LogP contribution in [-0.4, -0.2) is 33.2 Å². The molecule has 6 nitrogen and oxygen atoms in total. The average Bonchev–Trinajstić information content (AvgIpc) is 2.66. The van der Waals surface area contributed by atoms with Crippen LogP contribution in [0.15, 0.2) is 55.1 Å². The third kappa shape index (κ3) is 5.84. The van der Waals surface area contributed by atoms with Gasteiger partial charge in [0.2, 0.25) is 15.9 Å². The molecule has 0 aliphatic rings. The van der Waals surface area contributed by atoms with Gasteiger partial charge < -0.3 is 10.1 Å². The summed E-state index contributed by atoms with van der Waals surface area (Å²) in [6.45, 7) is 9.61. The molecule has 0 radical (unpaired) electrons. The minimum absolute atomic E-state index is 0.318. The highest BCUT2D eigenvalue weighted by Crippen LogP contribution is 2.26. The number of hydrogen-bond acceptors (Lipinski definition) is 4. The highest BCUT2D eigenvalue weighted by Gasteiger charge is 2.31. The highest BCUT2D eigenvalue weighted by molar-refractivity contribution is 7.92. The smallest absolute Gasteiger partial charge is 0.248 e. The Balaban J connectivity index is 2.33. The predicted molar refractivity (Wildman–Crippen MR) is 118 cm³/mol. The second-order valence-electron chi connectivity index (χ2n) is 6.87. The maximum atomic E-state index is 13.0. The van der Waals surface area contributed by atoms with Gasteiger partial charge in [-0.05, 0) is 55.7 Å². The van der Waals surface area contributed by atoms with Crippen molar-refractivity contribution in [3.63, 3.8) is 0 Å². The summed E-state index contributed by atoms with van der Waals surface area (Å²) in [5, 5.41) is 2.81.